The van der Waals surface area contributed by atoms with Crippen LogP contribution in [-0.2, 0) is 0 Å². The summed E-state index contributed by atoms with van der Waals surface area (Å²) < 4.78 is 2.29. The van der Waals surface area contributed by atoms with Crippen molar-refractivity contribution in [2.45, 2.75) is 0 Å². The number of nitriles is 1. The molecule has 0 spiro atoms. The highest BCUT2D eigenvalue weighted by molar-refractivity contribution is 6.22. The lowest BCUT2D eigenvalue weighted by atomic mass is 9.87. The lowest BCUT2D eigenvalue weighted by Crippen LogP contribution is -1.94. The fourth-order valence-electron chi connectivity index (χ4n) is 6.33. The van der Waals surface area contributed by atoms with Crippen LogP contribution in [0.25, 0.3) is 71.4 Å². The molecule has 0 amide bonds. The topological polar surface area (TPSA) is 41.6 Å². The van der Waals surface area contributed by atoms with Gasteiger partial charge in [0.25, 0.3) is 0 Å². The average molecular weight is 522 g/mol. The first-order chi connectivity index (χ1) is 20.3. The minimum Gasteiger partial charge on any atom is -0.309 e. The first kappa shape index (κ1) is 23.2. The standard InChI is InChI=1S/C38H23N3/c39-24-25-17-19-35-32(22-25)33-23-26(18-20-36(33)41(35)27-10-2-1-3-11-27)37-28-12-4-6-14-30(28)38(34-16-8-9-21-40-34)31-15-7-5-13-29(31)37/h1-23H. The Labute approximate surface area is 237 Å². The molecule has 0 saturated carbocycles. The predicted molar refractivity (Wildman–Crippen MR) is 169 cm³/mol. The quantitative estimate of drug-likeness (QED) is 0.217. The van der Waals surface area contributed by atoms with Crippen LogP contribution in [0.15, 0.2) is 140 Å². The smallest absolute Gasteiger partial charge is 0.0991 e. The summed E-state index contributed by atoms with van der Waals surface area (Å²) in [5.41, 5.74) is 8.43. The SMILES string of the molecule is N#Cc1ccc2c(c1)c1cc(-c3c4ccccc4c(-c4ccccn4)c4ccccc34)ccc1n2-c1ccccc1. The Kier molecular flexibility index (Phi) is 5.20. The van der Waals surface area contributed by atoms with E-state index < -0.39 is 0 Å². The molecule has 6 aromatic carbocycles. The van der Waals surface area contributed by atoms with Gasteiger partial charge in [-0.25, -0.2) is 0 Å². The highest BCUT2D eigenvalue weighted by Gasteiger charge is 2.19. The summed E-state index contributed by atoms with van der Waals surface area (Å²) in [4.78, 5) is 4.75. The Hall–Kier alpha value is -5.72. The molecule has 0 atom stereocenters. The molecule has 3 heteroatoms. The number of fused-ring (bicyclic) bond motifs is 5. The summed E-state index contributed by atoms with van der Waals surface area (Å²) >= 11 is 0. The predicted octanol–water partition coefficient (Wildman–Crippen LogP) is 9.69. The number of hydrogen-bond donors (Lipinski definition) is 0. The normalized spacial score (nSPS) is 11.4. The van der Waals surface area contributed by atoms with Gasteiger partial charge in [0, 0.05) is 28.2 Å². The third-order valence-electron chi connectivity index (χ3n) is 8.05. The van der Waals surface area contributed by atoms with Crippen LogP contribution >= 0.6 is 0 Å². The van der Waals surface area contributed by atoms with Gasteiger partial charge in [-0.05, 0) is 87.3 Å². The van der Waals surface area contributed by atoms with Crippen LogP contribution in [0.3, 0.4) is 0 Å². The molecule has 3 nitrogen and oxygen atoms in total. The molecule has 2 aromatic heterocycles. The minimum atomic E-state index is 0.658. The molecule has 8 rings (SSSR count). The van der Waals surface area contributed by atoms with E-state index in [0.717, 1.165) is 44.3 Å². The fourth-order valence-corrected chi connectivity index (χ4v) is 6.33. The fraction of sp³-hybridized carbons (Fsp3) is 0. The summed E-state index contributed by atoms with van der Waals surface area (Å²) in [6, 6.07) is 48.9. The van der Waals surface area contributed by atoms with E-state index >= 15 is 0 Å². The zero-order chi connectivity index (χ0) is 27.3. The number of hydrogen-bond acceptors (Lipinski definition) is 2. The minimum absolute atomic E-state index is 0.658. The molecule has 0 unspecified atom stereocenters. The van der Waals surface area contributed by atoms with Gasteiger partial charge in [-0.1, -0.05) is 78.9 Å². The van der Waals surface area contributed by atoms with Crippen molar-refractivity contribution < 1.29 is 0 Å². The lowest BCUT2D eigenvalue weighted by molar-refractivity contribution is 1.18. The second-order valence-corrected chi connectivity index (χ2v) is 10.3. The van der Waals surface area contributed by atoms with Crippen molar-refractivity contribution in [1.82, 2.24) is 9.55 Å². The number of pyridine rings is 1. The number of aromatic nitrogens is 2. The van der Waals surface area contributed by atoms with E-state index in [0.29, 0.717) is 5.56 Å². The molecule has 190 valence electrons. The van der Waals surface area contributed by atoms with Gasteiger partial charge >= 0.3 is 0 Å². The summed E-state index contributed by atoms with van der Waals surface area (Å²) in [6.07, 6.45) is 1.86. The van der Waals surface area contributed by atoms with Gasteiger partial charge in [-0.3, -0.25) is 4.98 Å². The number of para-hydroxylation sites is 1. The lowest BCUT2D eigenvalue weighted by Gasteiger charge is -2.17. The highest BCUT2D eigenvalue weighted by atomic mass is 15.0. The molecule has 41 heavy (non-hydrogen) atoms. The molecule has 0 aliphatic rings. The monoisotopic (exact) mass is 521 g/mol. The molecule has 0 saturated heterocycles. The Balaban J connectivity index is 1.49. The van der Waals surface area contributed by atoms with Crippen LogP contribution in [0.5, 0.6) is 0 Å². The van der Waals surface area contributed by atoms with Crippen molar-refractivity contribution in [3.63, 3.8) is 0 Å². The molecule has 0 aliphatic heterocycles. The van der Waals surface area contributed by atoms with Crippen LogP contribution in [0, 0.1) is 11.3 Å². The molecule has 2 heterocycles. The first-order valence-electron chi connectivity index (χ1n) is 13.7. The van der Waals surface area contributed by atoms with Crippen molar-refractivity contribution >= 4 is 43.4 Å². The second-order valence-electron chi connectivity index (χ2n) is 10.3. The van der Waals surface area contributed by atoms with Crippen LogP contribution < -0.4 is 0 Å². The number of rotatable bonds is 3. The van der Waals surface area contributed by atoms with E-state index in [1.54, 1.807) is 0 Å². The molecule has 0 bridgehead atoms. The molecule has 0 N–H and O–H groups in total. The Morgan fingerprint density at radius 2 is 1.10 bits per heavy atom. The number of benzene rings is 6. The third-order valence-corrected chi connectivity index (χ3v) is 8.05. The molecule has 8 aromatic rings. The maximum Gasteiger partial charge on any atom is 0.0991 e. The van der Waals surface area contributed by atoms with Crippen molar-refractivity contribution in [2.75, 3.05) is 0 Å². The number of nitrogens with zero attached hydrogens (tertiary/aromatic N) is 3. The molecule has 0 radical (unpaired) electrons. The van der Waals surface area contributed by atoms with Gasteiger partial charge in [-0.15, -0.1) is 0 Å². The Morgan fingerprint density at radius 1 is 0.512 bits per heavy atom. The van der Waals surface area contributed by atoms with E-state index in [4.69, 9.17) is 4.98 Å². The van der Waals surface area contributed by atoms with E-state index in [1.807, 2.05) is 36.5 Å². The first-order valence-corrected chi connectivity index (χ1v) is 13.7. The van der Waals surface area contributed by atoms with Gasteiger partial charge in [-0.2, -0.15) is 5.26 Å². The zero-order valence-corrected chi connectivity index (χ0v) is 22.1. The van der Waals surface area contributed by atoms with Crippen LogP contribution in [0.2, 0.25) is 0 Å². The van der Waals surface area contributed by atoms with Gasteiger partial charge in [0.05, 0.1) is 28.4 Å². The summed E-state index contributed by atoms with van der Waals surface area (Å²) in [7, 11) is 0. The maximum absolute atomic E-state index is 9.72. The summed E-state index contributed by atoms with van der Waals surface area (Å²) in [6.45, 7) is 0. The Morgan fingerprint density at radius 3 is 1.73 bits per heavy atom. The van der Waals surface area contributed by atoms with Gasteiger partial charge in [0.1, 0.15) is 0 Å². The van der Waals surface area contributed by atoms with Crippen molar-refractivity contribution in [3.05, 3.63) is 145 Å². The summed E-state index contributed by atoms with van der Waals surface area (Å²) in [5, 5.41) is 16.7. The van der Waals surface area contributed by atoms with E-state index in [1.165, 1.54) is 27.1 Å². The third kappa shape index (κ3) is 3.55. The van der Waals surface area contributed by atoms with E-state index in [-0.39, 0.29) is 0 Å². The van der Waals surface area contributed by atoms with E-state index in [2.05, 4.69) is 114 Å². The van der Waals surface area contributed by atoms with Crippen molar-refractivity contribution in [2.24, 2.45) is 0 Å². The molecule has 0 fully saturated rings. The largest absolute Gasteiger partial charge is 0.309 e. The van der Waals surface area contributed by atoms with Gasteiger partial charge in [0.2, 0.25) is 0 Å². The molecule has 0 aliphatic carbocycles. The molecular weight excluding hydrogens is 498 g/mol. The van der Waals surface area contributed by atoms with Crippen LogP contribution in [-0.4, -0.2) is 9.55 Å². The zero-order valence-electron chi connectivity index (χ0n) is 22.1. The summed E-state index contributed by atoms with van der Waals surface area (Å²) in [5.74, 6) is 0. The molecular formula is C38H23N3. The van der Waals surface area contributed by atoms with Crippen LogP contribution in [0.4, 0.5) is 0 Å². The van der Waals surface area contributed by atoms with Crippen molar-refractivity contribution in [1.29, 1.82) is 5.26 Å². The van der Waals surface area contributed by atoms with Crippen molar-refractivity contribution in [3.8, 4) is 34.1 Å². The maximum atomic E-state index is 9.72. The Bertz CT molecular complexity index is 2250. The van der Waals surface area contributed by atoms with E-state index in [9.17, 15) is 5.26 Å². The average Bonchev–Trinajstić information content (AvgIpc) is 3.37. The van der Waals surface area contributed by atoms with Crippen LogP contribution in [0.1, 0.15) is 5.56 Å². The van der Waals surface area contributed by atoms with Gasteiger partial charge in [0.15, 0.2) is 0 Å². The highest BCUT2D eigenvalue weighted by Crippen LogP contribution is 2.44. The van der Waals surface area contributed by atoms with Gasteiger partial charge < -0.3 is 4.57 Å². The second kappa shape index (κ2) is 9.19.